The molecule has 116 valence electrons. The van der Waals surface area contributed by atoms with Crippen LogP contribution in [0.15, 0.2) is 24.3 Å². The number of nitrogens with one attached hydrogen (secondary N) is 1. The number of nitro benzene ring substituents is 1. The van der Waals surface area contributed by atoms with E-state index in [1.807, 2.05) is 12.1 Å². The molecule has 0 saturated heterocycles. The van der Waals surface area contributed by atoms with Gasteiger partial charge in [0, 0.05) is 24.2 Å². The fraction of sp³-hybridized carbons (Fsp3) is 0.647. The van der Waals surface area contributed by atoms with Crippen LogP contribution in [0.1, 0.15) is 45.6 Å². The third-order valence-electron chi connectivity index (χ3n) is 4.77. The van der Waals surface area contributed by atoms with Gasteiger partial charge in [-0.05, 0) is 30.6 Å². The topological polar surface area (TPSA) is 55.2 Å². The number of para-hydroxylation sites is 1. The standard InChI is InChI=1S/C17H26N2O2/c1-12(2)15-9-8-13(3)10-16(15)18-11-14-6-4-5-7-17(14)19(20)21/h4-7,12-13,15-16,18H,8-11H2,1-3H3. The number of nitrogens with zero attached hydrogens (tertiary/aromatic N) is 1. The summed E-state index contributed by atoms with van der Waals surface area (Å²) in [6.45, 7) is 7.44. The first-order valence-corrected chi connectivity index (χ1v) is 7.94. The summed E-state index contributed by atoms with van der Waals surface area (Å²) in [6, 6.07) is 7.49. The molecule has 0 aliphatic heterocycles. The van der Waals surface area contributed by atoms with Gasteiger partial charge in [-0.2, -0.15) is 0 Å². The van der Waals surface area contributed by atoms with Crippen LogP contribution >= 0.6 is 0 Å². The minimum Gasteiger partial charge on any atom is -0.309 e. The van der Waals surface area contributed by atoms with Gasteiger partial charge in [0.1, 0.15) is 0 Å². The fourth-order valence-electron chi connectivity index (χ4n) is 3.52. The summed E-state index contributed by atoms with van der Waals surface area (Å²) in [7, 11) is 0. The van der Waals surface area contributed by atoms with E-state index in [0.29, 0.717) is 24.4 Å². The second-order valence-corrected chi connectivity index (χ2v) is 6.70. The maximum absolute atomic E-state index is 11.1. The summed E-state index contributed by atoms with van der Waals surface area (Å²) >= 11 is 0. The molecule has 0 spiro atoms. The first-order valence-electron chi connectivity index (χ1n) is 7.94. The van der Waals surface area contributed by atoms with E-state index in [1.165, 1.54) is 19.3 Å². The lowest BCUT2D eigenvalue weighted by molar-refractivity contribution is -0.385. The van der Waals surface area contributed by atoms with E-state index in [2.05, 4.69) is 26.1 Å². The Morgan fingerprint density at radius 3 is 2.71 bits per heavy atom. The third-order valence-corrected chi connectivity index (χ3v) is 4.77. The van der Waals surface area contributed by atoms with Crippen LogP contribution in [0.2, 0.25) is 0 Å². The molecule has 0 bridgehead atoms. The van der Waals surface area contributed by atoms with Crippen LogP contribution in [0, 0.1) is 27.9 Å². The molecule has 4 heteroatoms. The Morgan fingerprint density at radius 1 is 1.33 bits per heavy atom. The van der Waals surface area contributed by atoms with Crippen LogP contribution in [-0.4, -0.2) is 11.0 Å². The zero-order valence-electron chi connectivity index (χ0n) is 13.2. The molecule has 0 aromatic heterocycles. The average Bonchev–Trinajstić information content (AvgIpc) is 2.45. The smallest absolute Gasteiger partial charge is 0.273 e. The van der Waals surface area contributed by atoms with Gasteiger partial charge in [0.25, 0.3) is 5.69 Å². The second-order valence-electron chi connectivity index (χ2n) is 6.70. The van der Waals surface area contributed by atoms with Crippen molar-refractivity contribution in [1.29, 1.82) is 0 Å². The minimum atomic E-state index is -0.291. The van der Waals surface area contributed by atoms with Crippen molar-refractivity contribution in [3.05, 3.63) is 39.9 Å². The second kappa shape index (κ2) is 7.03. The molecule has 3 unspecified atom stereocenters. The van der Waals surface area contributed by atoms with Gasteiger partial charge in [0.05, 0.1) is 4.92 Å². The van der Waals surface area contributed by atoms with E-state index in [-0.39, 0.29) is 10.6 Å². The normalized spacial score (nSPS) is 26.0. The zero-order valence-corrected chi connectivity index (χ0v) is 13.2. The highest BCUT2D eigenvalue weighted by molar-refractivity contribution is 5.39. The fourth-order valence-corrected chi connectivity index (χ4v) is 3.52. The zero-order chi connectivity index (χ0) is 15.4. The predicted octanol–water partition coefficient (Wildman–Crippen LogP) is 4.15. The first-order chi connectivity index (χ1) is 9.99. The van der Waals surface area contributed by atoms with Crippen molar-refractivity contribution in [2.45, 2.75) is 52.6 Å². The van der Waals surface area contributed by atoms with Crippen LogP contribution in [0.3, 0.4) is 0 Å². The van der Waals surface area contributed by atoms with Crippen LogP contribution in [0.25, 0.3) is 0 Å². The van der Waals surface area contributed by atoms with Gasteiger partial charge >= 0.3 is 0 Å². The van der Waals surface area contributed by atoms with Gasteiger partial charge in [-0.15, -0.1) is 0 Å². The van der Waals surface area contributed by atoms with Crippen LogP contribution in [-0.2, 0) is 6.54 Å². The Morgan fingerprint density at radius 2 is 2.05 bits per heavy atom. The highest BCUT2D eigenvalue weighted by atomic mass is 16.6. The number of hydrogen-bond acceptors (Lipinski definition) is 3. The molecule has 1 N–H and O–H groups in total. The number of hydrogen-bond donors (Lipinski definition) is 1. The lowest BCUT2D eigenvalue weighted by Crippen LogP contribution is -2.42. The van der Waals surface area contributed by atoms with Crippen molar-refractivity contribution in [2.24, 2.45) is 17.8 Å². The molecule has 1 fully saturated rings. The molecule has 2 rings (SSSR count). The number of nitro groups is 1. The molecule has 0 heterocycles. The Labute approximate surface area is 127 Å². The highest BCUT2D eigenvalue weighted by Gasteiger charge is 2.30. The van der Waals surface area contributed by atoms with Crippen molar-refractivity contribution in [2.75, 3.05) is 0 Å². The summed E-state index contributed by atoms with van der Waals surface area (Å²) < 4.78 is 0. The van der Waals surface area contributed by atoms with Crippen LogP contribution in [0.5, 0.6) is 0 Å². The molecule has 21 heavy (non-hydrogen) atoms. The molecule has 1 aliphatic rings. The van der Waals surface area contributed by atoms with Gasteiger partial charge in [-0.1, -0.05) is 45.4 Å². The Balaban J connectivity index is 2.05. The Bertz CT molecular complexity index is 487. The molecule has 3 atom stereocenters. The van der Waals surface area contributed by atoms with Crippen molar-refractivity contribution >= 4 is 5.69 Å². The summed E-state index contributed by atoms with van der Waals surface area (Å²) in [6.07, 6.45) is 3.73. The Kier molecular flexibility index (Phi) is 5.34. The van der Waals surface area contributed by atoms with Crippen molar-refractivity contribution in [3.8, 4) is 0 Å². The van der Waals surface area contributed by atoms with Gasteiger partial charge in [0.15, 0.2) is 0 Å². The van der Waals surface area contributed by atoms with Gasteiger partial charge in [-0.3, -0.25) is 10.1 Å². The molecule has 0 radical (unpaired) electrons. The maximum atomic E-state index is 11.1. The third kappa shape index (κ3) is 4.03. The van der Waals surface area contributed by atoms with Crippen molar-refractivity contribution < 1.29 is 4.92 Å². The number of benzene rings is 1. The average molecular weight is 290 g/mol. The van der Waals surface area contributed by atoms with E-state index in [0.717, 1.165) is 11.5 Å². The summed E-state index contributed by atoms with van der Waals surface area (Å²) in [5, 5.41) is 14.7. The van der Waals surface area contributed by atoms with Crippen LogP contribution in [0.4, 0.5) is 5.69 Å². The van der Waals surface area contributed by atoms with Gasteiger partial charge in [-0.25, -0.2) is 0 Å². The molecule has 1 aromatic rings. The molecule has 1 aliphatic carbocycles. The Hall–Kier alpha value is -1.42. The van der Waals surface area contributed by atoms with Crippen LogP contribution < -0.4 is 5.32 Å². The highest BCUT2D eigenvalue weighted by Crippen LogP contribution is 2.33. The first kappa shape index (κ1) is 16.0. The molecule has 4 nitrogen and oxygen atoms in total. The molecular formula is C17H26N2O2. The molecular weight excluding hydrogens is 264 g/mol. The van der Waals surface area contributed by atoms with E-state index in [1.54, 1.807) is 12.1 Å². The van der Waals surface area contributed by atoms with E-state index >= 15 is 0 Å². The maximum Gasteiger partial charge on any atom is 0.273 e. The van der Waals surface area contributed by atoms with Gasteiger partial charge in [0.2, 0.25) is 0 Å². The van der Waals surface area contributed by atoms with E-state index in [4.69, 9.17) is 0 Å². The monoisotopic (exact) mass is 290 g/mol. The summed E-state index contributed by atoms with van der Waals surface area (Å²) in [5.41, 5.74) is 0.998. The van der Waals surface area contributed by atoms with Crippen molar-refractivity contribution in [3.63, 3.8) is 0 Å². The van der Waals surface area contributed by atoms with E-state index in [9.17, 15) is 10.1 Å². The van der Waals surface area contributed by atoms with E-state index < -0.39 is 0 Å². The molecule has 0 amide bonds. The molecule has 1 saturated carbocycles. The van der Waals surface area contributed by atoms with Gasteiger partial charge < -0.3 is 5.32 Å². The number of rotatable bonds is 5. The quantitative estimate of drug-likeness (QED) is 0.655. The largest absolute Gasteiger partial charge is 0.309 e. The molecule has 1 aromatic carbocycles. The lowest BCUT2D eigenvalue weighted by Gasteiger charge is -2.38. The lowest BCUT2D eigenvalue weighted by atomic mass is 9.74. The predicted molar refractivity (Wildman–Crippen MR) is 85.1 cm³/mol. The SMILES string of the molecule is CC1CCC(C(C)C)C(NCc2ccccc2[N+](=O)[O-])C1. The van der Waals surface area contributed by atoms with Crippen molar-refractivity contribution in [1.82, 2.24) is 5.32 Å². The summed E-state index contributed by atoms with van der Waals surface area (Å²) in [4.78, 5) is 10.8. The minimum absolute atomic E-state index is 0.218. The summed E-state index contributed by atoms with van der Waals surface area (Å²) in [5.74, 6) is 2.06.